The summed E-state index contributed by atoms with van der Waals surface area (Å²) in [5.41, 5.74) is 5.01. The Hall–Kier alpha value is -2.25. The average Bonchev–Trinajstić information content (AvgIpc) is 3.40. The van der Waals surface area contributed by atoms with Gasteiger partial charge in [-0.3, -0.25) is 0 Å². The largest absolute Gasteiger partial charge is 0.386 e. The number of rotatable bonds is 3. The molecule has 2 aliphatic carbocycles. The Morgan fingerprint density at radius 1 is 1.23 bits per heavy atom. The maximum absolute atomic E-state index is 12.9. The van der Waals surface area contributed by atoms with Crippen LogP contribution < -0.4 is 10.5 Å². The Morgan fingerprint density at radius 3 is 2.30 bits per heavy atom. The van der Waals surface area contributed by atoms with Crippen LogP contribution in [0.15, 0.2) is 20.0 Å². The van der Waals surface area contributed by atoms with E-state index < -0.39 is 21.5 Å². The molecule has 2 aliphatic rings. The van der Waals surface area contributed by atoms with Crippen LogP contribution >= 0.6 is 11.3 Å². The van der Waals surface area contributed by atoms with E-state index in [0.717, 1.165) is 83.4 Å². The molecule has 0 saturated carbocycles. The highest BCUT2D eigenvalue weighted by molar-refractivity contribution is 7.93. The number of carbonyl (C=O) groups is 1. The van der Waals surface area contributed by atoms with E-state index in [1.54, 1.807) is 19.2 Å². The van der Waals surface area contributed by atoms with E-state index in [4.69, 9.17) is 5.14 Å². The minimum Gasteiger partial charge on any atom is -0.386 e. The van der Waals surface area contributed by atoms with Gasteiger partial charge in [-0.15, -0.1) is 15.7 Å². The highest BCUT2D eigenvalue weighted by atomic mass is 32.2. The molecule has 0 spiro atoms. The molecular formula is C21H24N4O3S2. The SMILES string of the molecule is CC(C)(O)c1csc(S(N)(=O)=NC(=O)Nc2c3c(c(C#N)c4c2CCC4)CCC3)c1. The number of nitriles is 1. The molecule has 1 heterocycles. The third-order valence-electron chi connectivity index (χ3n) is 5.78. The lowest BCUT2D eigenvalue weighted by molar-refractivity contribution is 0.0789. The number of carbonyl (C=O) groups excluding carboxylic acids is 1. The van der Waals surface area contributed by atoms with E-state index in [2.05, 4.69) is 15.7 Å². The van der Waals surface area contributed by atoms with Crippen molar-refractivity contribution in [3.8, 4) is 6.07 Å². The maximum Gasteiger partial charge on any atom is 0.354 e. The molecule has 1 aromatic carbocycles. The monoisotopic (exact) mass is 444 g/mol. The number of thiophene rings is 1. The number of aliphatic hydroxyl groups is 1. The molecule has 0 radical (unpaired) electrons. The van der Waals surface area contributed by atoms with Gasteiger partial charge < -0.3 is 10.4 Å². The van der Waals surface area contributed by atoms with Crippen LogP contribution in [-0.2, 0) is 41.2 Å². The molecule has 0 fully saturated rings. The van der Waals surface area contributed by atoms with Crippen LogP contribution in [0.4, 0.5) is 10.5 Å². The number of fused-ring (bicyclic) bond motifs is 2. The first-order chi connectivity index (χ1) is 14.1. The molecule has 7 nitrogen and oxygen atoms in total. The van der Waals surface area contributed by atoms with Crippen molar-refractivity contribution in [3.63, 3.8) is 0 Å². The van der Waals surface area contributed by atoms with Crippen molar-refractivity contribution >= 4 is 33.0 Å². The zero-order valence-corrected chi connectivity index (χ0v) is 18.6. The van der Waals surface area contributed by atoms with Gasteiger partial charge in [-0.1, -0.05) is 0 Å². The van der Waals surface area contributed by atoms with E-state index in [1.165, 1.54) is 6.07 Å². The zero-order valence-electron chi connectivity index (χ0n) is 16.9. The molecule has 1 unspecified atom stereocenters. The summed E-state index contributed by atoms with van der Waals surface area (Å²) in [6, 6.07) is 3.13. The highest BCUT2D eigenvalue weighted by Gasteiger charge is 2.29. The summed E-state index contributed by atoms with van der Waals surface area (Å²) in [7, 11) is -3.44. The van der Waals surface area contributed by atoms with Gasteiger partial charge in [0.25, 0.3) is 0 Å². The number of anilines is 1. The molecule has 2 aromatic rings. The van der Waals surface area contributed by atoms with Crippen LogP contribution in [0.5, 0.6) is 0 Å². The van der Waals surface area contributed by atoms with Gasteiger partial charge in [0.2, 0.25) is 0 Å². The quantitative estimate of drug-likeness (QED) is 0.666. The van der Waals surface area contributed by atoms with E-state index in [1.807, 2.05) is 0 Å². The number of benzene rings is 1. The second-order valence-corrected chi connectivity index (χ2v) is 11.2. The maximum atomic E-state index is 12.9. The van der Waals surface area contributed by atoms with Crippen molar-refractivity contribution in [2.75, 3.05) is 5.32 Å². The summed E-state index contributed by atoms with van der Waals surface area (Å²) in [6.45, 7) is 3.24. The Morgan fingerprint density at radius 2 is 1.80 bits per heavy atom. The minimum absolute atomic E-state index is 0.241. The topological polar surface area (TPSA) is 129 Å². The number of hydrogen-bond acceptors (Lipinski definition) is 5. The second-order valence-electron chi connectivity index (χ2n) is 8.29. The van der Waals surface area contributed by atoms with Gasteiger partial charge in [-0.2, -0.15) is 5.26 Å². The van der Waals surface area contributed by atoms with Gasteiger partial charge in [-0.25, -0.2) is 14.1 Å². The molecule has 2 amide bonds. The Balaban J connectivity index is 1.69. The lowest BCUT2D eigenvalue weighted by atomic mass is 9.93. The van der Waals surface area contributed by atoms with Crippen LogP contribution in [0.25, 0.3) is 0 Å². The molecule has 4 N–H and O–H groups in total. The second kappa shape index (κ2) is 7.46. The lowest BCUT2D eigenvalue weighted by Gasteiger charge is -2.17. The van der Waals surface area contributed by atoms with E-state index in [-0.39, 0.29) is 4.21 Å². The Labute approximate surface area is 180 Å². The summed E-state index contributed by atoms with van der Waals surface area (Å²) < 4.78 is 17.0. The van der Waals surface area contributed by atoms with E-state index in [0.29, 0.717) is 5.56 Å². The number of nitrogens with zero attached hydrogens (tertiary/aromatic N) is 2. The summed E-state index contributed by atoms with van der Waals surface area (Å²) in [4.78, 5) is 12.7. The van der Waals surface area contributed by atoms with Crippen LogP contribution in [0.3, 0.4) is 0 Å². The molecule has 4 rings (SSSR count). The van der Waals surface area contributed by atoms with Gasteiger partial charge in [0.1, 0.15) is 4.21 Å². The average molecular weight is 445 g/mol. The molecule has 0 aliphatic heterocycles. The fraction of sp³-hybridized carbons (Fsp3) is 0.429. The number of hydrogen-bond donors (Lipinski definition) is 3. The van der Waals surface area contributed by atoms with Crippen molar-refractivity contribution in [3.05, 3.63) is 44.8 Å². The molecule has 1 aromatic heterocycles. The number of nitrogens with one attached hydrogen (secondary N) is 1. The molecule has 0 bridgehead atoms. The normalized spacial score (nSPS) is 17.0. The molecule has 158 valence electrons. The predicted molar refractivity (Wildman–Crippen MR) is 117 cm³/mol. The van der Waals surface area contributed by atoms with Gasteiger partial charge in [0.05, 0.1) is 17.2 Å². The molecular weight excluding hydrogens is 420 g/mol. The molecule has 1 atom stereocenters. The van der Waals surface area contributed by atoms with Crippen molar-refractivity contribution in [1.82, 2.24) is 0 Å². The molecule has 30 heavy (non-hydrogen) atoms. The fourth-order valence-corrected chi connectivity index (χ4v) is 6.61. The minimum atomic E-state index is -3.44. The standard InChI is InChI=1S/C21H24N4O3S2/c1-21(2,27)12-9-18(29-11-12)30(23,28)25-20(26)24-19-15-7-3-5-13(15)17(10-22)14-6-4-8-16(14)19/h9,11,27H,3-8H2,1-2H3,(H3,23,24,25,26,28). The van der Waals surface area contributed by atoms with Crippen molar-refractivity contribution in [1.29, 1.82) is 5.26 Å². The van der Waals surface area contributed by atoms with Crippen molar-refractivity contribution < 1.29 is 14.1 Å². The first-order valence-corrected chi connectivity index (χ1v) is 12.3. The Bertz CT molecular complexity index is 1170. The third kappa shape index (κ3) is 3.65. The summed E-state index contributed by atoms with van der Waals surface area (Å²) in [5.74, 6) is 0. The van der Waals surface area contributed by atoms with Crippen LogP contribution in [-0.4, -0.2) is 15.3 Å². The molecule has 0 saturated heterocycles. The van der Waals surface area contributed by atoms with Crippen molar-refractivity contribution in [2.24, 2.45) is 9.50 Å². The number of amides is 2. The van der Waals surface area contributed by atoms with Gasteiger partial charge in [0, 0.05) is 5.69 Å². The number of nitrogens with two attached hydrogens (primary N) is 1. The summed E-state index contributed by atoms with van der Waals surface area (Å²) in [5, 5.41) is 30.2. The van der Waals surface area contributed by atoms with Gasteiger partial charge in [-0.05, 0) is 91.6 Å². The molecule has 9 heteroatoms. The smallest absolute Gasteiger partial charge is 0.354 e. The zero-order chi connectivity index (χ0) is 21.7. The van der Waals surface area contributed by atoms with Gasteiger partial charge >= 0.3 is 6.03 Å². The van der Waals surface area contributed by atoms with Crippen LogP contribution in [0.2, 0.25) is 0 Å². The number of urea groups is 1. The summed E-state index contributed by atoms with van der Waals surface area (Å²) in [6.07, 6.45) is 5.13. The van der Waals surface area contributed by atoms with Gasteiger partial charge in [0.15, 0.2) is 9.92 Å². The van der Waals surface area contributed by atoms with E-state index >= 15 is 0 Å². The summed E-state index contributed by atoms with van der Waals surface area (Å²) >= 11 is 1.11. The lowest BCUT2D eigenvalue weighted by Crippen LogP contribution is -2.19. The predicted octanol–water partition coefficient (Wildman–Crippen LogP) is 3.76. The van der Waals surface area contributed by atoms with E-state index in [9.17, 15) is 19.4 Å². The third-order valence-corrected chi connectivity index (χ3v) is 8.63. The highest BCUT2D eigenvalue weighted by Crippen LogP contribution is 2.41. The first-order valence-electron chi connectivity index (χ1n) is 9.88. The first kappa shape index (κ1) is 21.0. The van der Waals surface area contributed by atoms with Crippen molar-refractivity contribution in [2.45, 2.75) is 62.2 Å². The fourth-order valence-electron chi connectivity index (χ4n) is 4.33. The van der Waals surface area contributed by atoms with Crippen LogP contribution in [0, 0.1) is 11.3 Å². The van der Waals surface area contributed by atoms with Crippen LogP contribution in [0.1, 0.15) is 60.1 Å². The Kier molecular flexibility index (Phi) is 5.22.